The predicted molar refractivity (Wildman–Crippen MR) is 88.2 cm³/mol. The lowest BCUT2D eigenvalue weighted by molar-refractivity contribution is 0.0288. The molecule has 4 N–H and O–H groups in total. The minimum absolute atomic E-state index is 0.192. The Balaban J connectivity index is 1.76. The molecule has 21 heavy (non-hydrogen) atoms. The number of benzene rings is 1. The van der Waals surface area contributed by atoms with Crippen molar-refractivity contribution in [3.05, 3.63) is 23.3 Å². The van der Waals surface area contributed by atoms with Crippen molar-refractivity contribution in [1.29, 1.82) is 0 Å². The lowest BCUT2D eigenvalue weighted by Gasteiger charge is -2.55. The molecule has 3 nitrogen and oxygen atoms in total. The zero-order valence-electron chi connectivity index (χ0n) is 13.2. The van der Waals surface area contributed by atoms with E-state index in [0.29, 0.717) is 12.0 Å². The number of hydrogen-bond acceptors (Lipinski definition) is 3. The molecule has 0 amide bonds. The number of anilines is 2. The van der Waals surface area contributed by atoms with Crippen LogP contribution in [0.25, 0.3) is 0 Å². The normalized spacial score (nSPS) is 35.5. The number of likely N-dealkylation sites (tertiary alicyclic amines) is 1. The molecule has 4 rings (SSSR count). The van der Waals surface area contributed by atoms with Crippen molar-refractivity contribution in [3.8, 4) is 0 Å². The first-order valence-electron chi connectivity index (χ1n) is 8.42. The van der Waals surface area contributed by atoms with Crippen LogP contribution in [0, 0.1) is 11.8 Å². The fourth-order valence-corrected chi connectivity index (χ4v) is 4.78. The summed E-state index contributed by atoms with van der Waals surface area (Å²) in [7, 11) is 0. The maximum absolute atomic E-state index is 6.37. The van der Waals surface area contributed by atoms with Crippen molar-refractivity contribution >= 4 is 11.4 Å². The molecule has 2 aliphatic carbocycles. The molecule has 1 unspecified atom stereocenters. The van der Waals surface area contributed by atoms with Crippen molar-refractivity contribution in [3.63, 3.8) is 0 Å². The van der Waals surface area contributed by atoms with Crippen LogP contribution in [0.3, 0.4) is 0 Å². The van der Waals surface area contributed by atoms with Gasteiger partial charge in [-0.15, -0.1) is 0 Å². The van der Waals surface area contributed by atoms with E-state index in [1.54, 1.807) is 0 Å². The van der Waals surface area contributed by atoms with Crippen molar-refractivity contribution in [2.24, 2.45) is 11.8 Å². The van der Waals surface area contributed by atoms with Gasteiger partial charge in [0.15, 0.2) is 0 Å². The van der Waals surface area contributed by atoms with Crippen LogP contribution >= 0.6 is 0 Å². The van der Waals surface area contributed by atoms with Crippen molar-refractivity contribution in [2.45, 2.75) is 51.0 Å². The summed E-state index contributed by atoms with van der Waals surface area (Å²) in [4.78, 5) is 2.76. The van der Waals surface area contributed by atoms with Crippen LogP contribution in [0.2, 0.25) is 0 Å². The van der Waals surface area contributed by atoms with Gasteiger partial charge in [0, 0.05) is 18.0 Å². The second-order valence-corrected chi connectivity index (χ2v) is 7.77. The summed E-state index contributed by atoms with van der Waals surface area (Å²) >= 11 is 0. The van der Waals surface area contributed by atoms with Crippen LogP contribution < -0.4 is 11.5 Å². The van der Waals surface area contributed by atoms with Crippen LogP contribution in [0.1, 0.15) is 44.2 Å². The van der Waals surface area contributed by atoms with Crippen molar-refractivity contribution < 1.29 is 0 Å². The highest BCUT2D eigenvalue weighted by molar-refractivity contribution is 5.72. The largest absolute Gasteiger partial charge is 0.397 e. The molecule has 3 atom stereocenters. The Kier molecular flexibility index (Phi) is 2.81. The van der Waals surface area contributed by atoms with E-state index < -0.39 is 0 Å². The van der Waals surface area contributed by atoms with E-state index in [1.807, 2.05) is 6.07 Å². The average Bonchev–Trinajstić information content (AvgIpc) is 3.25. The molecule has 2 fully saturated rings. The van der Waals surface area contributed by atoms with E-state index in [9.17, 15) is 0 Å². The van der Waals surface area contributed by atoms with Gasteiger partial charge in [-0.1, -0.05) is 19.9 Å². The molecule has 0 spiro atoms. The molecule has 3 heteroatoms. The Bertz CT molecular complexity index is 578. The fourth-order valence-electron chi connectivity index (χ4n) is 4.78. The van der Waals surface area contributed by atoms with E-state index in [2.05, 4.69) is 24.8 Å². The molecule has 0 aromatic heterocycles. The first-order valence-corrected chi connectivity index (χ1v) is 8.42. The van der Waals surface area contributed by atoms with Gasteiger partial charge < -0.3 is 11.5 Å². The lowest BCUT2D eigenvalue weighted by Crippen LogP contribution is -2.58. The summed E-state index contributed by atoms with van der Waals surface area (Å²) in [5.41, 5.74) is 17.0. The fraction of sp³-hybridized carbons (Fsp3) is 0.667. The summed E-state index contributed by atoms with van der Waals surface area (Å²) in [6.07, 6.45) is 5.23. The van der Waals surface area contributed by atoms with E-state index in [1.165, 1.54) is 43.5 Å². The SMILES string of the molecule is C[C@H]1C2Cc3ccc(N)c(N)c3[C@@]1(C)CCN2CC1CC1. The standard InChI is InChI=1S/C18H27N3/c1-11-15-9-13-5-6-14(19)17(20)16(13)18(11,2)7-8-21(15)10-12-3-4-12/h5-6,11-12,15H,3-4,7-10,19-20H2,1-2H3/t11-,15?,18-/m0/s1. The number of piperidine rings is 1. The molecule has 0 radical (unpaired) electrons. The molecule has 1 heterocycles. The Morgan fingerprint density at radius 3 is 2.76 bits per heavy atom. The number of fused-ring (bicyclic) bond motifs is 4. The summed E-state index contributed by atoms with van der Waals surface area (Å²) < 4.78 is 0. The van der Waals surface area contributed by atoms with Gasteiger partial charge in [-0.25, -0.2) is 0 Å². The quantitative estimate of drug-likeness (QED) is 0.822. The van der Waals surface area contributed by atoms with E-state index >= 15 is 0 Å². The van der Waals surface area contributed by atoms with Gasteiger partial charge in [-0.3, -0.25) is 4.90 Å². The molecule has 1 saturated carbocycles. The molecule has 1 aromatic carbocycles. The summed E-state index contributed by atoms with van der Waals surface area (Å²) in [6, 6.07) is 4.90. The molecule has 1 aromatic rings. The van der Waals surface area contributed by atoms with Gasteiger partial charge in [-0.2, -0.15) is 0 Å². The van der Waals surface area contributed by atoms with Gasteiger partial charge >= 0.3 is 0 Å². The zero-order chi connectivity index (χ0) is 14.8. The minimum Gasteiger partial charge on any atom is -0.397 e. The van der Waals surface area contributed by atoms with Crippen LogP contribution in [0.15, 0.2) is 12.1 Å². The van der Waals surface area contributed by atoms with Crippen molar-refractivity contribution in [1.82, 2.24) is 4.90 Å². The Morgan fingerprint density at radius 2 is 2.05 bits per heavy atom. The number of nitrogens with two attached hydrogens (primary N) is 2. The Labute approximate surface area is 127 Å². The first-order chi connectivity index (χ1) is 10.0. The first kappa shape index (κ1) is 13.4. The van der Waals surface area contributed by atoms with Gasteiger partial charge in [0.05, 0.1) is 11.4 Å². The monoisotopic (exact) mass is 285 g/mol. The van der Waals surface area contributed by atoms with Gasteiger partial charge in [0.2, 0.25) is 0 Å². The van der Waals surface area contributed by atoms with Gasteiger partial charge in [-0.05, 0) is 61.3 Å². The second kappa shape index (κ2) is 4.39. The summed E-state index contributed by atoms with van der Waals surface area (Å²) in [5.74, 6) is 1.63. The highest BCUT2D eigenvalue weighted by Crippen LogP contribution is 2.52. The van der Waals surface area contributed by atoms with E-state index in [0.717, 1.165) is 23.7 Å². The Hall–Kier alpha value is -1.22. The number of nitrogens with zero attached hydrogens (tertiary/aromatic N) is 1. The van der Waals surface area contributed by atoms with Gasteiger partial charge in [0.1, 0.15) is 0 Å². The number of nitrogen functional groups attached to an aromatic ring is 2. The van der Waals surface area contributed by atoms with Crippen LogP contribution in [-0.2, 0) is 11.8 Å². The average molecular weight is 285 g/mol. The third kappa shape index (κ3) is 1.90. The highest BCUT2D eigenvalue weighted by atomic mass is 15.2. The Morgan fingerprint density at radius 1 is 1.29 bits per heavy atom. The molecule has 114 valence electrons. The summed E-state index contributed by atoms with van der Waals surface area (Å²) in [6.45, 7) is 7.36. The maximum atomic E-state index is 6.37. The molecule has 1 saturated heterocycles. The highest BCUT2D eigenvalue weighted by Gasteiger charge is 2.49. The lowest BCUT2D eigenvalue weighted by atomic mass is 9.58. The maximum Gasteiger partial charge on any atom is 0.0588 e. The molecule has 3 aliphatic rings. The predicted octanol–water partition coefficient (Wildman–Crippen LogP) is 2.79. The topological polar surface area (TPSA) is 55.3 Å². The molecular weight excluding hydrogens is 258 g/mol. The van der Waals surface area contributed by atoms with Crippen LogP contribution in [-0.4, -0.2) is 24.0 Å². The minimum atomic E-state index is 0.192. The molecule has 2 bridgehead atoms. The third-order valence-electron chi connectivity index (χ3n) is 6.52. The molecule has 1 aliphatic heterocycles. The van der Waals surface area contributed by atoms with Crippen LogP contribution in [0.4, 0.5) is 11.4 Å². The van der Waals surface area contributed by atoms with Crippen molar-refractivity contribution in [2.75, 3.05) is 24.6 Å². The molecular formula is C18H27N3. The van der Waals surface area contributed by atoms with Gasteiger partial charge in [0.25, 0.3) is 0 Å². The zero-order valence-corrected chi connectivity index (χ0v) is 13.2. The third-order valence-corrected chi connectivity index (χ3v) is 6.52. The summed E-state index contributed by atoms with van der Waals surface area (Å²) in [5, 5.41) is 0. The van der Waals surface area contributed by atoms with E-state index in [4.69, 9.17) is 11.5 Å². The van der Waals surface area contributed by atoms with E-state index in [-0.39, 0.29) is 5.41 Å². The number of rotatable bonds is 2. The second-order valence-electron chi connectivity index (χ2n) is 7.77. The smallest absolute Gasteiger partial charge is 0.0588 e. The van der Waals surface area contributed by atoms with Crippen LogP contribution in [0.5, 0.6) is 0 Å². The number of hydrogen-bond donors (Lipinski definition) is 2.